The van der Waals surface area contributed by atoms with Gasteiger partial charge in [0.15, 0.2) is 0 Å². The topological polar surface area (TPSA) is 38.0 Å². The number of halogens is 2. The Morgan fingerprint density at radius 2 is 2.44 bits per heavy atom. The Bertz CT molecular complexity index is 477. The van der Waals surface area contributed by atoms with Gasteiger partial charge in [0, 0.05) is 29.0 Å². The Morgan fingerprint density at radius 3 is 2.94 bits per heavy atom. The second kappa shape index (κ2) is 4.87. The average molecular weight is 322 g/mol. The molecular weight excluding hydrogens is 312 g/mol. The molecule has 3 nitrogen and oxygen atoms in total. The molecule has 0 saturated carbocycles. The molecule has 2 aromatic rings. The number of aromatic nitrogens is 2. The second-order valence-corrected chi connectivity index (χ2v) is 6.05. The summed E-state index contributed by atoms with van der Waals surface area (Å²) >= 11 is 10.6. The first kappa shape index (κ1) is 12.1. The number of aryl methyl sites for hydroxylation is 1. The summed E-state index contributed by atoms with van der Waals surface area (Å²) in [4.78, 5) is 0.862. The minimum Gasteiger partial charge on any atom is -0.387 e. The lowest BCUT2D eigenvalue weighted by molar-refractivity contribution is 0.182. The molecule has 6 heteroatoms. The molecule has 1 atom stereocenters. The van der Waals surface area contributed by atoms with Gasteiger partial charge in [-0.25, -0.2) is 0 Å². The van der Waals surface area contributed by atoms with Crippen LogP contribution in [0.5, 0.6) is 0 Å². The molecule has 0 amide bonds. The van der Waals surface area contributed by atoms with E-state index in [1.54, 1.807) is 10.9 Å². The molecule has 0 fully saturated rings. The van der Waals surface area contributed by atoms with Crippen LogP contribution in [-0.2, 0) is 13.5 Å². The number of hydrogen-bond donors (Lipinski definition) is 1. The number of rotatable bonds is 3. The number of hydrogen-bond acceptors (Lipinski definition) is 3. The first-order valence-corrected chi connectivity index (χ1v) is 6.65. The molecule has 16 heavy (non-hydrogen) atoms. The lowest BCUT2D eigenvalue weighted by Crippen LogP contribution is -1.98. The molecule has 0 saturated heterocycles. The Balaban J connectivity index is 2.11. The predicted molar refractivity (Wildman–Crippen MR) is 68.9 cm³/mol. The van der Waals surface area contributed by atoms with Gasteiger partial charge >= 0.3 is 0 Å². The zero-order valence-corrected chi connectivity index (χ0v) is 11.7. The summed E-state index contributed by atoms with van der Waals surface area (Å²) in [5, 5.41) is 14.1. The van der Waals surface area contributed by atoms with Crippen LogP contribution in [0.15, 0.2) is 22.9 Å². The SMILES string of the molecule is Cn1cc(CC(O)c2cc(Br)c(Cl)s2)cn1. The summed E-state index contributed by atoms with van der Waals surface area (Å²) in [6.45, 7) is 0. The van der Waals surface area contributed by atoms with E-state index in [4.69, 9.17) is 11.6 Å². The van der Waals surface area contributed by atoms with Crippen molar-refractivity contribution in [3.63, 3.8) is 0 Å². The number of nitrogens with zero attached hydrogens (tertiary/aromatic N) is 2. The van der Waals surface area contributed by atoms with Gasteiger partial charge < -0.3 is 5.11 Å². The first-order chi connectivity index (χ1) is 7.56. The van der Waals surface area contributed by atoms with Crippen LogP contribution in [0.4, 0.5) is 0 Å². The van der Waals surface area contributed by atoms with Gasteiger partial charge in [-0.3, -0.25) is 4.68 Å². The van der Waals surface area contributed by atoms with Crippen molar-refractivity contribution >= 4 is 38.9 Å². The third-order valence-electron chi connectivity index (χ3n) is 2.18. The summed E-state index contributed by atoms with van der Waals surface area (Å²) in [6, 6.07) is 1.86. The van der Waals surface area contributed by atoms with Gasteiger partial charge in [0.1, 0.15) is 4.34 Å². The maximum atomic E-state index is 10.0. The highest BCUT2D eigenvalue weighted by Gasteiger charge is 2.14. The molecule has 86 valence electrons. The molecule has 0 aliphatic heterocycles. The zero-order chi connectivity index (χ0) is 11.7. The Kier molecular flexibility index (Phi) is 3.69. The van der Waals surface area contributed by atoms with Gasteiger partial charge in [-0.05, 0) is 27.6 Å². The van der Waals surface area contributed by atoms with E-state index < -0.39 is 6.10 Å². The normalized spacial score (nSPS) is 13.0. The van der Waals surface area contributed by atoms with Gasteiger partial charge in [0.2, 0.25) is 0 Å². The van der Waals surface area contributed by atoms with Gasteiger partial charge in [-0.15, -0.1) is 11.3 Å². The van der Waals surface area contributed by atoms with Gasteiger partial charge in [0.25, 0.3) is 0 Å². The van der Waals surface area contributed by atoms with Crippen LogP contribution in [0, 0.1) is 0 Å². The highest BCUT2D eigenvalue weighted by molar-refractivity contribution is 9.10. The largest absolute Gasteiger partial charge is 0.387 e. The molecule has 1 N–H and O–H groups in total. The van der Waals surface area contributed by atoms with E-state index in [1.165, 1.54) is 11.3 Å². The predicted octanol–water partition coefficient (Wildman–Crippen LogP) is 3.17. The minimum atomic E-state index is -0.530. The van der Waals surface area contributed by atoms with E-state index in [-0.39, 0.29) is 0 Å². The van der Waals surface area contributed by atoms with Crippen molar-refractivity contribution in [1.82, 2.24) is 9.78 Å². The summed E-state index contributed by atoms with van der Waals surface area (Å²) in [5.41, 5.74) is 1.01. The van der Waals surface area contributed by atoms with E-state index in [0.29, 0.717) is 10.8 Å². The van der Waals surface area contributed by atoms with E-state index >= 15 is 0 Å². The van der Waals surface area contributed by atoms with Gasteiger partial charge in [-0.2, -0.15) is 5.10 Å². The van der Waals surface area contributed by atoms with Crippen LogP contribution >= 0.6 is 38.9 Å². The molecule has 0 aliphatic rings. The molecule has 1 unspecified atom stereocenters. The van der Waals surface area contributed by atoms with Crippen LogP contribution < -0.4 is 0 Å². The molecule has 0 radical (unpaired) electrons. The first-order valence-electron chi connectivity index (χ1n) is 4.66. The van der Waals surface area contributed by atoms with Crippen molar-refractivity contribution in [2.24, 2.45) is 7.05 Å². The van der Waals surface area contributed by atoms with Gasteiger partial charge in [0.05, 0.1) is 12.3 Å². The minimum absolute atomic E-state index is 0.530. The molecule has 2 heterocycles. The van der Waals surface area contributed by atoms with E-state index in [2.05, 4.69) is 21.0 Å². The summed E-state index contributed by atoms with van der Waals surface area (Å²) in [5.74, 6) is 0. The summed E-state index contributed by atoms with van der Waals surface area (Å²) in [7, 11) is 1.86. The molecule has 0 spiro atoms. The van der Waals surface area contributed by atoms with Crippen LogP contribution in [0.2, 0.25) is 4.34 Å². The third kappa shape index (κ3) is 2.66. The van der Waals surface area contributed by atoms with Crippen LogP contribution in [0.3, 0.4) is 0 Å². The van der Waals surface area contributed by atoms with Crippen molar-refractivity contribution < 1.29 is 5.11 Å². The highest BCUT2D eigenvalue weighted by atomic mass is 79.9. The maximum Gasteiger partial charge on any atom is 0.107 e. The van der Waals surface area contributed by atoms with Crippen LogP contribution in [0.25, 0.3) is 0 Å². The van der Waals surface area contributed by atoms with E-state index in [1.807, 2.05) is 19.3 Å². The number of aliphatic hydroxyl groups is 1. The Morgan fingerprint density at radius 1 is 1.69 bits per heavy atom. The van der Waals surface area contributed by atoms with Crippen molar-refractivity contribution in [3.05, 3.63) is 37.7 Å². The van der Waals surface area contributed by atoms with Crippen LogP contribution in [0.1, 0.15) is 16.5 Å². The van der Waals surface area contributed by atoms with Crippen molar-refractivity contribution in [2.45, 2.75) is 12.5 Å². The lowest BCUT2D eigenvalue weighted by atomic mass is 10.1. The monoisotopic (exact) mass is 320 g/mol. The van der Waals surface area contributed by atoms with Gasteiger partial charge in [-0.1, -0.05) is 11.6 Å². The molecular formula is C10H10BrClN2OS. The fourth-order valence-corrected chi connectivity index (χ4v) is 3.15. The lowest BCUT2D eigenvalue weighted by Gasteiger charge is -2.05. The Labute approximate surface area is 111 Å². The number of thiophene rings is 1. The molecule has 0 bridgehead atoms. The highest BCUT2D eigenvalue weighted by Crippen LogP contribution is 2.36. The third-order valence-corrected chi connectivity index (χ3v) is 4.76. The molecule has 0 aromatic carbocycles. The zero-order valence-electron chi connectivity index (χ0n) is 8.52. The van der Waals surface area contributed by atoms with Crippen LogP contribution in [-0.4, -0.2) is 14.9 Å². The quantitative estimate of drug-likeness (QED) is 0.943. The number of aliphatic hydroxyl groups excluding tert-OH is 1. The Hall–Kier alpha value is -0.360. The van der Waals surface area contributed by atoms with Crippen molar-refractivity contribution in [2.75, 3.05) is 0 Å². The smallest absolute Gasteiger partial charge is 0.107 e. The van der Waals surface area contributed by atoms with Crippen molar-refractivity contribution in [1.29, 1.82) is 0 Å². The van der Waals surface area contributed by atoms with Crippen molar-refractivity contribution in [3.8, 4) is 0 Å². The second-order valence-electron chi connectivity index (χ2n) is 3.51. The maximum absolute atomic E-state index is 10.0. The fourth-order valence-electron chi connectivity index (χ4n) is 1.43. The molecule has 2 rings (SSSR count). The summed E-state index contributed by atoms with van der Waals surface area (Å²) in [6.07, 6.45) is 3.68. The molecule has 0 aliphatic carbocycles. The fraction of sp³-hybridized carbons (Fsp3) is 0.300. The standard InChI is InChI=1S/C10H10BrClN2OS/c1-14-5-6(4-13-14)2-8(15)9-3-7(11)10(12)16-9/h3-5,8,15H,2H2,1H3. The molecule has 2 aromatic heterocycles. The van der Waals surface area contributed by atoms with E-state index in [0.717, 1.165) is 14.9 Å². The van der Waals surface area contributed by atoms with E-state index in [9.17, 15) is 5.11 Å². The average Bonchev–Trinajstić information content (AvgIpc) is 2.75. The summed E-state index contributed by atoms with van der Waals surface area (Å²) < 4.78 is 3.22.